The van der Waals surface area contributed by atoms with Crippen LogP contribution in [0.15, 0.2) is 39.3 Å². The molecule has 0 heterocycles. The Labute approximate surface area is 141 Å². The first kappa shape index (κ1) is 16.5. The van der Waals surface area contributed by atoms with E-state index in [0.717, 1.165) is 25.8 Å². The fourth-order valence-corrected chi connectivity index (χ4v) is 2.98. The van der Waals surface area contributed by atoms with Crippen molar-refractivity contribution in [3.8, 4) is 5.75 Å². The largest absolute Gasteiger partial charge is 0.496 e. The summed E-state index contributed by atoms with van der Waals surface area (Å²) in [5.41, 5.74) is 2.54. The van der Waals surface area contributed by atoms with Crippen LogP contribution in [0, 0.1) is 12.7 Å². The van der Waals surface area contributed by atoms with Crippen LogP contribution >= 0.6 is 31.9 Å². The summed E-state index contributed by atoms with van der Waals surface area (Å²) in [5.74, 6) is 0.472. The van der Waals surface area contributed by atoms with Crippen LogP contribution in [0.5, 0.6) is 5.75 Å². The maximum atomic E-state index is 14.3. The van der Waals surface area contributed by atoms with Gasteiger partial charge in [-0.3, -0.25) is 0 Å². The zero-order valence-corrected chi connectivity index (χ0v) is 15.2. The quantitative estimate of drug-likeness (QED) is 0.759. The maximum Gasteiger partial charge on any atom is 0.129 e. The minimum Gasteiger partial charge on any atom is -0.496 e. The van der Waals surface area contributed by atoms with Gasteiger partial charge in [-0.2, -0.15) is 0 Å². The highest BCUT2D eigenvalue weighted by Gasteiger charge is 2.21. The third-order valence-corrected chi connectivity index (χ3v) is 4.73. The Morgan fingerprint density at radius 1 is 1.14 bits per heavy atom. The number of benzene rings is 2. The molecule has 0 aromatic heterocycles. The lowest BCUT2D eigenvalue weighted by molar-refractivity contribution is 0.404. The van der Waals surface area contributed by atoms with E-state index < -0.39 is 0 Å². The normalized spacial score (nSPS) is 12.3. The van der Waals surface area contributed by atoms with E-state index in [1.807, 2.05) is 25.1 Å². The van der Waals surface area contributed by atoms with Crippen LogP contribution in [0.3, 0.4) is 0 Å². The fourth-order valence-electron chi connectivity index (χ4n) is 2.29. The first-order chi connectivity index (χ1) is 9.97. The van der Waals surface area contributed by atoms with Gasteiger partial charge >= 0.3 is 0 Å². The van der Waals surface area contributed by atoms with Crippen molar-refractivity contribution >= 4 is 31.9 Å². The molecule has 112 valence electrons. The molecule has 0 fully saturated rings. The average molecular weight is 417 g/mol. The van der Waals surface area contributed by atoms with Crippen LogP contribution in [0.1, 0.15) is 22.7 Å². The van der Waals surface area contributed by atoms with Crippen molar-refractivity contribution in [2.45, 2.75) is 13.0 Å². The molecule has 0 saturated carbocycles. The predicted molar refractivity (Wildman–Crippen MR) is 90.4 cm³/mol. The van der Waals surface area contributed by atoms with Crippen LogP contribution in [-0.2, 0) is 0 Å². The molecule has 0 bridgehead atoms. The first-order valence-electron chi connectivity index (χ1n) is 6.44. The highest BCUT2D eigenvalue weighted by Crippen LogP contribution is 2.35. The smallest absolute Gasteiger partial charge is 0.129 e. The van der Waals surface area contributed by atoms with E-state index >= 15 is 0 Å². The number of hydrogen-bond acceptors (Lipinski definition) is 2. The highest BCUT2D eigenvalue weighted by molar-refractivity contribution is 9.10. The zero-order chi connectivity index (χ0) is 15.6. The molecule has 21 heavy (non-hydrogen) atoms. The molecule has 0 spiro atoms. The lowest BCUT2D eigenvalue weighted by Crippen LogP contribution is -2.20. The van der Waals surface area contributed by atoms with Crippen LogP contribution < -0.4 is 10.1 Å². The molecule has 0 aliphatic rings. The Morgan fingerprint density at radius 2 is 1.86 bits per heavy atom. The SMILES string of the molecule is CNC(c1ccc(Br)cc1F)c1cc(Br)c(C)cc1OC. The van der Waals surface area contributed by atoms with Crippen LogP contribution in [-0.4, -0.2) is 14.2 Å². The molecule has 2 nitrogen and oxygen atoms in total. The van der Waals surface area contributed by atoms with Crippen molar-refractivity contribution in [3.05, 3.63) is 61.8 Å². The second-order valence-electron chi connectivity index (χ2n) is 4.73. The third kappa shape index (κ3) is 3.47. The monoisotopic (exact) mass is 415 g/mol. The van der Waals surface area contributed by atoms with Crippen LogP contribution in [0.25, 0.3) is 0 Å². The van der Waals surface area contributed by atoms with Gasteiger partial charge in [-0.25, -0.2) is 4.39 Å². The molecule has 2 aromatic carbocycles. The van der Waals surface area contributed by atoms with Crippen molar-refractivity contribution in [1.29, 1.82) is 0 Å². The molecule has 0 saturated heterocycles. The molecule has 2 rings (SSSR count). The van der Waals surface area contributed by atoms with E-state index in [9.17, 15) is 4.39 Å². The summed E-state index contributed by atoms with van der Waals surface area (Å²) in [6.07, 6.45) is 0. The summed E-state index contributed by atoms with van der Waals surface area (Å²) < 4.78 is 21.4. The number of nitrogens with one attached hydrogen (secondary N) is 1. The molecule has 1 atom stereocenters. The standard InChI is InChI=1S/C16H16Br2FNO/c1-9-6-15(21-3)12(8-13(9)18)16(20-2)11-5-4-10(17)7-14(11)19/h4-8,16,20H,1-3H3. The Balaban J connectivity index is 2.58. The summed E-state index contributed by atoms with van der Waals surface area (Å²) in [7, 11) is 3.43. The maximum absolute atomic E-state index is 14.3. The molecule has 2 aromatic rings. The first-order valence-corrected chi connectivity index (χ1v) is 8.02. The molecule has 0 amide bonds. The van der Waals surface area contributed by atoms with E-state index in [-0.39, 0.29) is 11.9 Å². The van der Waals surface area contributed by atoms with Gasteiger partial charge in [0.15, 0.2) is 0 Å². The molecule has 0 aliphatic heterocycles. The molecule has 1 unspecified atom stereocenters. The summed E-state index contributed by atoms with van der Waals surface area (Å²) in [4.78, 5) is 0. The van der Waals surface area contributed by atoms with E-state index in [0.29, 0.717) is 5.56 Å². The van der Waals surface area contributed by atoms with Gasteiger partial charge in [0.1, 0.15) is 11.6 Å². The molecule has 0 aliphatic carbocycles. The Kier molecular flexibility index (Phi) is 5.41. The summed E-state index contributed by atoms with van der Waals surface area (Å²) >= 11 is 6.81. The molecular weight excluding hydrogens is 401 g/mol. The van der Waals surface area contributed by atoms with Gasteiger partial charge < -0.3 is 10.1 Å². The number of ether oxygens (including phenoxy) is 1. The highest BCUT2D eigenvalue weighted by atomic mass is 79.9. The van der Waals surface area contributed by atoms with Crippen LogP contribution in [0.4, 0.5) is 4.39 Å². The van der Waals surface area contributed by atoms with Crippen molar-refractivity contribution in [3.63, 3.8) is 0 Å². The second kappa shape index (κ2) is 6.90. The van der Waals surface area contributed by atoms with Gasteiger partial charge in [-0.15, -0.1) is 0 Å². The number of rotatable bonds is 4. The Morgan fingerprint density at radius 3 is 2.43 bits per heavy atom. The van der Waals surface area contributed by atoms with Crippen molar-refractivity contribution in [2.75, 3.05) is 14.2 Å². The van der Waals surface area contributed by atoms with Crippen LogP contribution in [0.2, 0.25) is 0 Å². The van der Waals surface area contributed by atoms with Crippen molar-refractivity contribution in [2.24, 2.45) is 0 Å². The van der Waals surface area contributed by atoms with Gasteiger partial charge in [0.05, 0.1) is 13.2 Å². The van der Waals surface area contributed by atoms with Gasteiger partial charge in [-0.1, -0.05) is 37.9 Å². The van der Waals surface area contributed by atoms with Gasteiger partial charge in [-0.05, 0) is 43.8 Å². The topological polar surface area (TPSA) is 21.3 Å². The van der Waals surface area contributed by atoms with E-state index in [1.165, 1.54) is 6.07 Å². The van der Waals surface area contributed by atoms with Gasteiger partial charge in [0.2, 0.25) is 0 Å². The molecule has 0 radical (unpaired) electrons. The van der Waals surface area contributed by atoms with Crippen molar-refractivity contribution in [1.82, 2.24) is 5.32 Å². The average Bonchev–Trinajstić information content (AvgIpc) is 2.45. The van der Waals surface area contributed by atoms with Gasteiger partial charge in [0.25, 0.3) is 0 Å². The lowest BCUT2D eigenvalue weighted by atomic mass is 9.96. The van der Waals surface area contributed by atoms with Gasteiger partial charge in [0, 0.05) is 20.1 Å². The zero-order valence-electron chi connectivity index (χ0n) is 12.0. The predicted octanol–water partition coefficient (Wildman–Crippen LogP) is 4.98. The third-order valence-electron chi connectivity index (χ3n) is 3.38. The minimum absolute atomic E-state index is 0.262. The fraction of sp³-hybridized carbons (Fsp3) is 0.250. The lowest BCUT2D eigenvalue weighted by Gasteiger charge is -2.21. The van der Waals surface area contributed by atoms with E-state index in [2.05, 4.69) is 37.2 Å². The minimum atomic E-state index is -0.287. The number of methoxy groups -OCH3 is 1. The molecule has 5 heteroatoms. The molecular formula is C16H16Br2FNO. The van der Waals surface area contributed by atoms with Crippen molar-refractivity contribution < 1.29 is 9.13 Å². The Hall–Kier alpha value is -0.910. The molecule has 1 N–H and O–H groups in total. The van der Waals surface area contributed by atoms with E-state index in [4.69, 9.17) is 4.74 Å². The Bertz CT molecular complexity index is 661. The summed E-state index contributed by atoms with van der Waals surface area (Å²) in [6.45, 7) is 1.99. The number of aryl methyl sites for hydroxylation is 1. The summed E-state index contributed by atoms with van der Waals surface area (Å²) in [6, 6.07) is 8.70. The van der Waals surface area contributed by atoms with E-state index in [1.54, 1.807) is 20.2 Å². The number of hydrogen-bond donors (Lipinski definition) is 1. The second-order valence-corrected chi connectivity index (χ2v) is 6.50. The number of halogens is 3. The summed E-state index contributed by atoms with van der Waals surface area (Å²) in [5, 5.41) is 3.16.